The Morgan fingerprint density at radius 2 is 2.23 bits per heavy atom. The lowest BCUT2D eigenvalue weighted by atomic mass is 10.1. The van der Waals surface area contributed by atoms with Crippen molar-refractivity contribution in [2.45, 2.75) is 12.5 Å². The normalized spacial score (nSPS) is 11.8. The lowest BCUT2D eigenvalue weighted by molar-refractivity contribution is 0.170. The molecule has 0 radical (unpaired) electrons. The van der Waals surface area contributed by atoms with Gasteiger partial charge in [-0.05, 0) is 29.6 Å². The Morgan fingerprint density at radius 3 is 2.85 bits per heavy atom. The zero-order chi connectivity index (χ0) is 9.52. The fourth-order valence-electron chi connectivity index (χ4n) is 0.977. The average molecular weight is 178 g/mol. The van der Waals surface area contributed by atoms with Crippen molar-refractivity contribution in [3.63, 3.8) is 0 Å². The van der Waals surface area contributed by atoms with Crippen molar-refractivity contribution >= 4 is 0 Å². The molecular formula is C8H10N4O. The van der Waals surface area contributed by atoms with Gasteiger partial charge >= 0.3 is 0 Å². The minimum atomic E-state index is -0.575. The Labute approximate surface area is 75.7 Å². The van der Waals surface area contributed by atoms with E-state index in [-0.39, 0.29) is 0 Å². The van der Waals surface area contributed by atoms with E-state index in [9.17, 15) is 5.11 Å². The minimum Gasteiger partial charge on any atom is -0.388 e. The largest absolute Gasteiger partial charge is 0.388 e. The first kappa shape index (κ1) is 9.51. The number of pyridine rings is 1. The van der Waals surface area contributed by atoms with E-state index >= 15 is 0 Å². The molecule has 0 aliphatic carbocycles. The first-order valence-electron chi connectivity index (χ1n) is 3.93. The van der Waals surface area contributed by atoms with E-state index in [1.165, 1.54) is 0 Å². The molecule has 0 saturated heterocycles. The molecule has 1 aromatic rings. The van der Waals surface area contributed by atoms with Crippen molar-refractivity contribution < 1.29 is 5.11 Å². The highest BCUT2D eigenvalue weighted by Gasteiger charge is 2.04. The molecule has 68 valence electrons. The number of aromatic nitrogens is 1. The molecule has 0 bridgehead atoms. The van der Waals surface area contributed by atoms with Crippen molar-refractivity contribution in [1.82, 2.24) is 4.98 Å². The second kappa shape index (κ2) is 5.13. The molecule has 1 atom stereocenters. The van der Waals surface area contributed by atoms with Gasteiger partial charge in [0.1, 0.15) is 0 Å². The van der Waals surface area contributed by atoms with Gasteiger partial charge in [-0.25, -0.2) is 0 Å². The number of rotatable bonds is 4. The van der Waals surface area contributed by atoms with E-state index in [0.29, 0.717) is 13.0 Å². The topological polar surface area (TPSA) is 81.9 Å². The van der Waals surface area contributed by atoms with Crippen LogP contribution < -0.4 is 0 Å². The maximum Gasteiger partial charge on any atom is 0.0792 e. The molecule has 1 N–H and O–H groups in total. The lowest BCUT2D eigenvalue weighted by Gasteiger charge is -2.07. The van der Waals surface area contributed by atoms with Crippen LogP contribution in [0.5, 0.6) is 0 Å². The number of hydrogen-bond donors (Lipinski definition) is 1. The van der Waals surface area contributed by atoms with Crippen LogP contribution in [0, 0.1) is 0 Å². The van der Waals surface area contributed by atoms with Gasteiger partial charge in [-0.2, -0.15) is 0 Å². The summed E-state index contributed by atoms with van der Waals surface area (Å²) in [5.74, 6) is 0. The molecule has 0 aliphatic heterocycles. The maximum atomic E-state index is 9.54. The zero-order valence-electron chi connectivity index (χ0n) is 7.04. The number of hydrogen-bond acceptors (Lipinski definition) is 3. The van der Waals surface area contributed by atoms with Gasteiger partial charge in [0.05, 0.1) is 6.10 Å². The highest BCUT2D eigenvalue weighted by Crippen LogP contribution is 2.14. The summed E-state index contributed by atoms with van der Waals surface area (Å²) < 4.78 is 0. The monoisotopic (exact) mass is 178 g/mol. The Hall–Kier alpha value is -1.58. The van der Waals surface area contributed by atoms with Crippen LogP contribution in [0.4, 0.5) is 0 Å². The van der Waals surface area contributed by atoms with Crippen molar-refractivity contribution in [1.29, 1.82) is 0 Å². The van der Waals surface area contributed by atoms with E-state index < -0.39 is 6.10 Å². The van der Waals surface area contributed by atoms with Crippen LogP contribution in [-0.2, 0) is 0 Å². The molecule has 5 heteroatoms. The predicted molar refractivity (Wildman–Crippen MR) is 47.8 cm³/mol. The summed E-state index contributed by atoms with van der Waals surface area (Å²) in [6, 6.07) is 3.47. The smallest absolute Gasteiger partial charge is 0.0792 e. The summed E-state index contributed by atoms with van der Waals surface area (Å²) in [5.41, 5.74) is 8.81. The summed E-state index contributed by atoms with van der Waals surface area (Å²) in [4.78, 5) is 6.43. The molecular weight excluding hydrogens is 168 g/mol. The van der Waals surface area contributed by atoms with E-state index in [1.54, 1.807) is 24.5 Å². The van der Waals surface area contributed by atoms with Crippen LogP contribution in [0.1, 0.15) is 18.1 Å². The summed E-state index contributed by atoms with van der Waals surface area (Å²) >= 11 is 0. The van der Waals surface area contributed by atoms with E-state index in [0.717, 1.165) is 5.56 Å². The predicted octanol–water partition coefficient (Wildman–Crippen LogP) is 1.82. The van der Waals surface area contributed by atoms with Crippen molar-refractivity contribution in [3.05, 3.63) is 40.5 Å². The molecule has 13 heavy (non-hydrogen) atoms. The third-order valence-corrected chi connectivity index (χ3v) is 1.66. The lowest BCUT2D eigenvalue weighted by Crippen LogP contribution is -1.98. The zero-order valence-corrected chi connectivity index (χ0v) is 7.04. The van der Waals surface area contributed by atoms with Gasteiger partial charge in [-0.3, -0.25) is 4.98 Å². The standard InChI is InChI=1S/C8H10N4O/c9-12-11-6-3-8(13)7-1-4-10-5-2-7/h1-2,4-5,8,13H,3,6H2. The molecule has 0 spiro atoms. The van der Waals surface area contributed by atoms with Crippen LogP contribution in [0.2, 0.25) is 0 Å². The molecule has 0 aliphatic rings. The molecule has 1 heterocycles. The first-order valence-corrected chi connectivity index (χ1v) is 3.93. The third-order valence-electron chi connectivity index (χ3n) is 1.66. The molecule has 1 unspecified atom stereocenters. The molecule has 5 nitrogen and oxygen atoms in total. The minimum absolute atomic E-state index is 0.306. The van der Waals surface area contributed by atoms with E-state index in [1.807, 2.05) is 0 Å². The van der Waals surface area contributed by atoms with Crippen LogP contribution in [0.15, 0.2) is 29.6 Å². The van der Waals surface area contributed by atoms with Gasteiger partial charge < -0.3 is 5.11 Å². The van der Waals surface area contributed by atoms with Gasteiger partial charge in [-0.15, -0.1) is 0 Å². The van der Waals surface area contributed by atoms with Gasteiger partial charge in [0.15, 0.2) is 0 Å². The Balaban J connectivity index is 2.48. The summed E-state index contributed by atoms with van der Waals surface area (Å²) in [5, 5.41) is 12.9. The van der Waals surface area contributed by atoms with E-state index in [4.69, 9.17) is 5.53 Å². The average Bonchev–Trinajstić information content (AvgIpc) is 2.19. The van der Waals surface area contributed by atoms with Crippen molar-refractivity contribution in [3.8, 4) is 0 Å². The van der Waals surface area contributed by atoms with Gasteiger partial charge in [-0.1, -0.05) is 5.11 Å². The summed E-state index contributed by atoms with van der Waals surface area (Å²) in [7, 11) is 0. The van der Waals surface area contributed by atoms with Crippen LogP contribution >= 0.6 is 0 Å². The van der Waals surface area contributed by atoms with Gasteiger partial charge in [0, 0.05) is 23.9 Å². The number of aliphatic hydroxyl groups excluding tert-OH is 1. The molecule has 0 amide bonds. The van der Waals surface area contributed by atoms with E-state index in [2.05, 4.69) is 15.0 Å². The second-order valence-corrected chi connectivity index (χ2v) is 2.54. The Morgan fingerprint density at radius 1 is 1.54 bits per heavy atom. The van der Waals surface area contributed by atoms with Crippen LogP contribution in [0.3, 0.4) is 0 Å². The third kappa shape index (κ3) is 3.11. The fourth-order valence-corrected chi connectivity index (χ4v) is 0.977. The summed E-state index contributed by atoms with van der Waals surface area (Å²) in [6.07, 6.45) is 3.10. The first-order chi connectivity index (χ1) is 6.34. The molecule has 0 aromatic carbocycles. The number of aliphatic hydroxyl groups is 1. The highest BCUT2D eigenvalue weighted by atomic mass is 16.3. The molecule has 1 rings (SSSR count). The van der Waals surface area contributed by atoms with Gasteiger partial charge in [0.25, 0.3) is 0 Å². The Kier molecular flexibility index (Phi) is 3.75. The maximum absolute atomic E-state index is 9.54. The fraction of sp³-hybridized carbons (Fsp3) is 0.375. The molecule has 0 fully saturated rings. The van der Waals surface area contributed by atoms with Crippen molar-refractivity contribution in [2.75, 3.05) is 6.54 Å². The van der Waals surface area contributed by atoms with Crippen LogP contribution in [-0.4, -0.2) is 16.6 Å². The SMILES string of the molecule is [N-]=[N+]=NCCC(O)c1ccncc1. The summed E-state index contributed by atoms with van der Waals surface area (Å²) in [6.45, 7) is 0.306. The quantitative estimate of drug-likeness (QED) is 0.433. The molecule has 0 saturated carbocycles. The van der Waals surface area contributed by atoms with Crippen molar-refractivity contribution in [2.24, 2.45) is 5.11 Å². The number of nitrogens with zero attached hydrogens (tertiary/aromatic N) is 4. The number of azide groups is 1. The second-order valence-electron chi connectivity index (χ2n) is 2.54. The van der Waals surface area contributed by atoms with Crippen LogP contribution in [0.25, 0.3) is 10.4 Å². The Bertz CT molecular complexity index is 294. The van der Waals surface area contributed by atoms with Gasteiger partial charge in [0.2, 0.25) is 0 Å². The highest BCUT2D eigenvalue weighted by molar-refractivity contribution is 5.12. The molecule has 1 aromatic heterocycles.